The topological polar surface area (TPSA) is 128 Å². The first-order chi connectivity index (χ1) is 22.0. The van der Waals surface area contributed by atoms with Gasteiger partial charge < -0.3 is 30.5 Å². The highest BCUT2D eigenvalue weighted by Crippen LogP contribution is 2.40. The van der Waals surface area contributed by atoms with Gasteiger partial charge in [-0.2, -0.15) is 0 Å². The molecular formula is C34H37Cl2N3O6S. The Kier molecular flexibility index (Phi) is 10.8. The first kappa shape index (κ1) is 34.1. The van der Waals surface area contributed by atoms with Crippen LogP contribution in [0.2, 0.25) is 10.0 Å². The Morgan fingerprint density at radius 3 is 2.41 bits per heavy atom. The van der Waals surface area contributed by atoms with E-state index in [1.807, 2.05) is 50.2 Å². The molecule has 0 aromatic heterocycles. The molecule has 2 aliphatic rings. The Labute approximate surface area is 282 Å². The minimum absolute atomic E-state index is 0.0149. The van der Waals surface area contributed by atoms with Crippen LogP contribution in [0.25, 0.3) is 0 Å². The minimum Gasteiger partial charge on any atom is -0.490 e. The number of nitrogens with zero attached hydrogens (tertiary/aromatic N) is 1. The molecule has 0 spiro atoms. The van der Waals surface area contributed by atoms with Crippen LogP contribution >= 0.6 is 35.0 Å². The molecule has 0 aliphatic carbocycles. The Bertz CT molecular complexity index is 1560. The predicted molar refractivity (Wildman–Crippen MR) is 179 cm³/mol. The van der Waals surface area contributed by atoms with Crippen molar-refractivity contribution in [2.75, 3.05) is 12.5 Å². The quantitative estimate of drug-likeness (QED) is 0.247. The molecule has 1 saturated heterocycles. The smallest absolute Gasteiger partial charge is 0.252 e. The first-order valence-electron chi connectivity index (χ1n) is 15.0. The third-order valence-corrected chi connectivity index (χ3v) is 10.5. The van der Waals surface area contributed by atoms with E-state index in [-0.39, 0.29) is 31.9 Å². The molecule has 0 saturated carbocycles. The molecule has 0 bridgehead atoms. The normalized spacial score (nSPS) is 21.4. The van der Waals surface area contributed by atoms with Gasteiger partial charge in [-0.3, -0.25) is 14.4 Å². The second kappa shape index (κ2) is 14.6. The summed E-state index contributed by atoms with van der Waals surface area (Å²) in [4.78, 5) is 42.5. The SMILES string of the molecule is CC1(C)SCN(C(=O)[C@@H](O)C[C@@H](Cc2ccccc2)C(=O)N[C@H]2c3ccccc3OC[C@H]2O)[C@@H]1C(=O)NCc1c(Cl)cccc1Cl. The zero-order valence-electron chi connectivity index (χ0n) is 25.5. The number of carbonyl (C=O) groups is 3. The standard InChI is InChI=1S/C34H37Cl2N3O6S/c1-34(2)30(32(43)37-17-23-24(35)12-8-13-25(23)36)39(19-46-34)33(44)26(40)16-21(15-20-9-4-3-5-10-20)31(42)38-29-22-11-6-7-14-28(22)45-18-27(29)41/h3-14,21,26-27,29-30,40-41H,15-19H2,1-2H3,(H,37,43)(H,38,42)/t21-,26+,27-,29+,30-/m1/s1. The Hall–Kier alpha value is -3.28. The summed E-state index contributed by atoms with van der Waals surface area (Å²) in [6, 6.07) is 19.9. The van der Waals surface area contributed by atoms with E-state index in [9.17, 15) is 24.6 Å². The maximum absolute atomic E-state index is 13.8. The highest BCUT2D eigenvalue weighted by molar-refractivity contribution is 8.00. The number of nitrogens with one attached hydrogen (secondary N) is 2. The second-order valence-electron chi connectivity index (χ2n) is 12.0. The van der Waals surface area contributed by atoms with Gasteiger partial charge in [0.25, 0.3) is 5.91 Å². The lowest BCUT2D eigenvalue weighted by atomic mass is 9.90. The monoisotopic (exact) mass is 685 g/mol. The molecule has 5 atom stereocenters. The van der Waals surface area contributed by atoms with E-state index in [2.05, 4.69) is 10.6 Å². The van der Waals surface area contributed by atoms with Gasteiger partial charge in [-0.25, -0.2) is 0 Å². The third-order valence-electron chi connectivity index (χ3n) is 8.41. The number of thioether (sulfide) groups is 1. The summed E-state index contributed by atoms with van der Waals surface area (Å²) in [5, 5.41) is 28.7. The van der Waals surface area contributed by atoms with Crippen molar-refractivity contribution in [1.82, 2.24) is 15.5 Å². The molecule has 2 heterocycles. The van der Waals surface area contributed by atoms with Crippen LogP contribution < -0.4 is 15.4 Å². The number of fused-ring (bicyclic) bond motifs is 1. The molecule has 1 fully saturated rings. The van der Waals surface area contributed by atoms with Gasteiger partial charge in [0, 0.05) is 38.4 Å². The number of aliphatic hydroxyl groups excluding tert-OH is 2. The van der Waals surface area contributed by atoms with Gasteiger partial charge in [0.15, 0.2) is 0 Å². The lowest BCUT2D eigenvalue weighted by Crippen LogP contribution is -2.55. The van der Waals surface area contributed by atoms with E-state index in [1.165, 1.54) is 16.7 Å². The van der Waals surface area contributed by atoms with Crippen molar-refractivity contribution in [3.05, 3.63) is 99.5 Å². The summed E-state index contributed by atoms with van der Waals surface area (Å²) >= 11 is 14.0. The van der Waals surface area contributed by atoms with Gasteiger partial charge in [-0.1, -0.05) is 77.8 Å². The van der Waals surface area contributed by atoms with Crippen molar-refractivity contribution >= 4 is 52.7 Å². The number of amides is 3. The van der Waals surface area contributed by atoms with E-state index < -0.39 is 52.7 Å². The highest BCUT2D eigenvalue weighted by atomic mass is 35.5. The number of ether oxygens (including phenoxy) is 1. The van der Waals surface area contributed by atoms with Crippen LogP contribution in [0.3, 0.4) is 0 Å². The Balaban J connectivity index is 1.32. The van der Waals surface area contributed by atoms with E-state index in [0.717, 1.165) is 5.56 Å². The molecule has 3 aromatic rings. The molecule has 244 valence electrons. The van der Waals surface area contributed by atoms with E-state index in [0.29, 0.717) is 26.9 Å². The van der Waals surface area contributed by atoms with Crippen molar-refractivity contribution in [3.63, 3.8) is 0 Å². The summed E-state index contributed by atoms with van der Waals surface area (Å²) < 4.78 is 4.96. The molecule has 12 heteroatoms. The number of hydrogen-bond acceptors (Lipinski definition) is 7. The van der Waals surface area contributed by atoms with Crippen molar-refractivity contribution in [3.8, 4) is 5.75 Å². The Morgan fingerprint density at radius 2 is 1.70 bits per heavy atom. The largest absolute Gasteiger partial charge is 0.490 e. The van der Waals surface area contributed by atoms with E-state index in [4.69, 9.17) is 27.9 Å². The van der Waals surface area contributed by atoms with Gasteiger partial charge in [-0.15, -0.1) is 11.8 Å². The highest BCUT2D eigenvalue weighted by Gasteiger charge is 2.49. The van der Waals surface area contributed by atoms with Crippen LogP contribution in [0.5, 0.6) is 5.75 Å². The molecule has 0 unspecified atom stereocenters. The van der Waals surface area contributed by atoms with Crippen LogP contribution in [-0.2, 0) is 27.3 Å². The molecule has 2 aliphatic heterocycles. The van der Waals surface area contributed by atoms with Crippen molar-refractivity contribution < 1.29 is 29.3 Å². The van der Waals surface area contributed by atoms with Gasteiger partial charge >= 0.3 is 0 Å². The second-order valence-corrected chi connectivity index (χ2v) is 14.5. The first-order valence-corrected chi connectivity index (χ1v) is 16.8. The lowest BCUT2D eigenvalue weighted by molar-refractivity contribution is -0.147. The number of para-hydroxylation sites is 1. The zero-order chi connectivity index (χ0) is 33.0. The molecule has 9 nitrogen and oxygen atoms in total. The van der Waals surface area contributed by atoms with E-state index >= 15 is 0 Å². The predicted octanol–water partition coefficient (Wildman–Crippen LogP) is 4.51. The fraction of sp³-hybridized carbons (Fsp3) is 0.382. The van der Waals surface area contributed by atoms with Crippen molar-refractivity contribution in [2.45, 2.75) is 62.3 Å². The van der Waals surface area contributed by atoms with Gasteiger partial charge in [-0.05, 0) is 50.5 Å². The summed E-state index contributed by atoms with van der Waals surface area (Å²) in [6.07, 6.45) is -2.48. The number of carbonyl (C=O) groups excluding carboxylic acids is 3. The van der Waals surface area contributed by atoms with Gasteiger partial charge in [0.2, 0.25) is 11.8 Å². The van der Waals surface area contributed by atoms with E-state index in [1.54, 1.807) is 36.4 Å². The maximum atomic E-state index is 13.8. The number of aliphatic hydroxyl groups is 2. The number of rotatable bonds is 10. The summed E-state index contributed by atoms with van der Waals surface area (Å²) in [5.74, 6) is -1.52. The van der Waals surface area contributed by atoms with Crippen LogP contribution in [0.15, 0.2) is 72.8 Å². The molecule has 5 rings (SSSR count). The van der Waals surface area contributed by atoms with Crippen LogP contribution in [0, 0.1) is 5.92 Å². The molecular weight excluding hydrogens is 649 g/mol. The van der Waals surface area contributed by atoms with Crippen LogP contribution in [0.1, 0.15) is 43.0 Å². The average Bonchev–Trinajstić information content (AvgIpc) is 3.36. The van der Waals surface area contributed by atoms with Crippen molar-refractivity contribution in [1.29, 1.82) is 0 Å². The molecule has 46 heavy (non-hydrogen) atoms. The fourth-order valence-electron chi connectivity index (χ4n) is 5.92. The lowest BCUT2D eigenvalue weighted by Gasteiger charge is -2.33. The number of benzene rings is 3. The number of hydrogen-bond donors (Lipinski definition) is 4. The van der Waals surface area contributed by atoms with Gasteiger partial charge in [0.05, 0.1) is 11.9 Å². The third kappa shape index (κ3) is 7.64. The van der Waals surface area contributed by atoms with Gasteiger partial charge in [0.1, 0.15) is 30.6 Å². The zero-order valence-corrected chi connectivity index (χ0v) is 27.8. The summed E-state index contributed by atoms with van der Waals surface area (Å²) in [6.45, 7) is 3.82. The molecule has 4 N–H and O–H groups in total. The fourth-order valence-corrected chi connectivity index (χ4v) is 7.59. The molecule has 3 aromatic carbocycles. The summed E-state index contributed by atoms with van der Waals surface area (Å²) in [7, 11) is 0. The van der Waals surface area contributed by atoms with Crippen LogP contribution in [-0.4, -0.2) is 68.3 Å². The summed E-state index contributed by atoms with van der Waals surface area (Å²) in [5.41, 5.74) is 2.06. The average molecular weight is 687 g/mol. The van der Waals surface area contributed by atoms with Crippen LogP contribution in [0.4, 0.5) is 0 Å². The van der Waals surface area contributed by atoms with Crippen molar-refractivity contribution in [2.24, 2.45) is 5.92 Å². The molecule has 0 radical (unpaired) electrons. The maximum Gasteiger partial charge on any atom is 0.252 e. The number of halogens is 2. The Morgan fingerprint density at radius 1 is 1.02 bits per heavy atom. The molecule has 3 amide bonds. The minimum atomic E-state index is -1.56.